The van der Waals surface area contributed by atoms with Crippen LogP contribution in [0.2, 0.25) is 0 Å². The average molecular weight is 369 g/mol. The van der Waals surface area contributed by atoms with Gasteiger partial charge in [-0.25, -0.2) is 0 Å². The molecule has 1 heterocycles. The summed E-state index contributed by atoms with van der Waals surface area (Å²) in [5.41, 5.74) is 8.34. The van der Waals surface area contributed by atoms with Crippen LogP contribution < -0.4 is 24.7 Å². The number of fused-ring (bicyclic) bond motifs is 1. The van der Waals surface area contributed by atoms with Crippen LogP contribution in [0.3, 0.4) is 0 Å². The number of nitrogen functional groups attached to an aromatic ring is 1. The molecule has 2 aromatic carbocycles. The quantitative estimate of drug-likeness (QED) is 0.450. The number of benzene rings is 2. The molecule has 0 unspecified atom stereocenters. The van der Waals surface area contributed by atoms with E-state index in [0.29, 0.717) is 52.8 Å². The zero-order valence-electron chi connectivity index (χ0n) is 15.7. The second-order valence-corrected chi connectivity index (χ2v) is 5.99. The number of nitrogens with two attached hydrogens (primary N) is 1. The summed E-state index contributed by atoms with van der Waals surface area (Å²) < 4.78 is 21.7. The molecular weight excluding hydrogens is 346 g/mol. The molecule has 0 saturated heterocycles. The molecule has 0 bridgehead atoms. The lowest BCUT2D eigenvalue weighted by molar-refractivity contribution is 0.103. The molecular formula is C21H23NO5. The first-order valence-corrected chi connectivity index (χ1v) is 8.82. The highest BCUT2D eigenvalue weighted by atomic mass is 16.7. The molecule has 0 aliphatic carbocycles. The Morgan fingerprint density at radius 1 is 1.15 bits per heavy atom. The highest BCUT2D eigenvalue weighted by molar-refractivity contribution is 6.11. The molecule has 3 rings (SSSR count). The van der Waals surface area contributed by atoms with Crippen LogP contribution in [0.1, 0.15) is 36.2 Å². The topological polar surface area (TPSA) is 80.0 Å². The molecule has 2 N–H and O–H groups in total. The standard InChI is InChI=1S/C21H23NO5/c1-4-13(21(23)14-6-7-16(22)18(9-14)25-5-2)8-15-10-19-20(27-12-26-19)11-17(15)24-3/h6-11H,4-5,12,22H2,1-3H3/b13-8+. The van der Waals surface area contributed by atoms with Gasteiger partial charge in [0.05, 0.1) is 19.4 Å². The largest absolute Gasteiger partial charge is 0.496 e. The van der Waals surface area contributed by atoms with E-state index in [1.54, 1.807) is 31.4 Å². The minimum atomic E-state index is -0.0850. The number of Topliss-reactive ketones (excluding diaryl/α,β-unsaturated/α-hetero) is 1. The molecule has 27 heavy (non-hydrogen) atoms. The molecule has 0 saturated carbocycles. The number of hydrogen-bond acceptors (Lipinski definition) is 6. The Bertz CT molecular complexity index is 888. The third-order valence-electron chi connectivity index (χ3n) is 4.30. The Morgan fingerprint density at radius 2 is 1.89 bits per heavy atom. The van der Waals surface area contributed by atoms with Crippen molar-refractivity contribution in [3.63, 3.8) is 0 Å². The molecule has 6 heteroatoms. The first-order valence-electron chi connectivity index (χ1n) is 8.82. The molecule has 0 atom stereocenters. The summed E-state index contributed by atoms with van der Waals surface area (Å²) in [4.78, 5) is 13.0. The molecule has 0 fully saturated rings. The normalized spacial score (nSPS) is 12.8. The van der Waals surface area contributed by atoms with Gasteiger partial charge in [0.25, 0.3) is 0 Å². The van der Waals surface area contributed by atoms with E-state index in [-0.39, 0.29) is 12.6 Å². The van der Waals surface area contributed by atoms with E-state index in [1.807, 2.05) is 26.0 Å². The second-order valence-electron chi connectivity index (χ2n) is 5.99. The van der Waals surface area contributed by atoms with E-state index in [1.165, 1.54) is 0 Å². The smallest absolute Gasteiger partial charge is 0.231 e. The third kappa shape index (κ3) is 3.84. The summed E-state index contributed by atoms with van der Waals surface area (Å²) in [6.45, 7) is 4.46. The van der Waals surface area contributed by atoms with Gasteiger partial charge in [0.2, 0.25) is 6.79 Å². The fourth-order valence-corrected chi connectivity index (χ4v) is 2.89. The lowest BCUT2D eigenvalue weighted by Crippen LogP contribution is -2.05. The fraction of sp³-hybridized carbons (Fsp3) is 0.286. The van der Waals surface area contributed by atoms with Crippen LogP contribution in [0.25, 0.3) is 6.08 Å². The van der Waals surface area contributed by atoms with E-state index >= 15 is 0 Å². The van der Waals surface area contributed by atoms with Gasteiger partial charge in [-0.3, -0.25) is 4.79 Å². The van der Waals surface area contributed by atoms with Gasteiger partial charge < -0.3 is 24.7 Å². The van der Waals surface area contributed by atoms with Crippen molar-refractivity contribution in [2.24, 2.45) is 0 Å². The van der Waals surface area contributed by atoms with Crippen molar-refractivity contribution in [1.82, 2.24) is 0 Å². The van der Waals surface area contributed by atoms with Gasteiger partial charge in [0, 0.05) is 22.8 Å². The van der Waals surface area contributed by atoms with Crippen molar-refractivity contribution in [3.05, 3.63) is 47.0 Å². The first kappa shape index (κ1) is 18.6. The van der Waals surface area contributed by atoms with Crippen molar-refractivity contribution in [2.45, 2.75) is 20.3 Å². The van der Waals surface area contributed by atoms with Crippen LogP contribution in [-0.4, -0.2) is 26.3 Å². The summed E-state index contributed by atoms with van der Waals surface area (Å²) in [5.74, 6) is 2.31. The maximum absolute atomic E-state index is 13.0. The molecule has 1 aliphatic rings. The van der Waals surface area contributed by atoms with E-state index < -0.39 is 0 Å². The van der Waals surface area contributed by atoms with Gasteiger partial charge in [0.1, 0.15) is 11.5 Å². The molecule has 0 radical (unpaired) electrons. The zero-order chi connectivity index (χ0) is 19.4. The molecule has 1 aliphatic heterocycles. The minimum absolute atomic E-state index is 0.0850. The first-order chi connectivity index (χ1) is 13.1. The number of allylic oxidation sites excluding steroid dienone is 1. The highest BCUT2D eigenvalue weighted by Gasteiger charge is 2.19. The van der Waals surface area contributed by atoms with Crippen LogP contribution >= 0.6 is 0 Å². The van der Waals surface area contributed by atoms with Crippen molar-refractivity contribution in [1.29, 1.82) is 0 Å². The highest BCUT2D eigenvalue weighted by Crippen LogP contribution is 2.39. The predicted octanol–water partition coefficient (Wildman–Crippen LogP) is 4.08. The summed E-state index contributed by atoms with van der Waals surface area (Å²) in [7, 11) is 1.58. The Kier molecular flexibility index (Phi) is 5.54. The van der Waals surface area contributed by atoms with Gasteiger partial charge in [-0.15, -0.1) is 0 Å². The number of anilines is 1. The Balaban J connectivity index is 1.97. The minimum Gasteiger partial charge on any atom is -0.496 e. The number of hydrogen-bond donors (Lipinski definition) is 1. The number of rotatable bonds is 7. The molecule has 0 aromatic heterocycles. The van der Waals surface area contributed by atoms with Gasteiger partial charge in [-0.1, -0.05) is 6.92 Å². The molecule has 6 nitrogen and oxygen atoms in total. The molecule has 0 spiro atoms. The van der Waals surface area contributed by atoms with Gasteiger partial charge >= 0.3 is 0 Å². The molecule has 0 amide bonds. The Labute approximate surface area is 158 Å². The number of ketones is 1. The van der Waals surface area contributed by atoms with E-state index in [4.69, 9.17) is 24.7 Å². The second kappa shape index (κ2) is 8.03. The number of methoxy groups -OCH3 is 1. The molecule has 2 aromatic rings. The summed E-state index contributed by atoms with van der Waals surface area (Å²) in [6, 6.07) is 8.66. The summed E-state index contributed by atoms with van der Waals surface area (Å²) >= 11 is 0. The van der Waals surface area contributed by atoms with E-state index in [9.17, 15) is 4.79 Å². The number of carbonyl (C=O) groups excluding carboxylic acids is 1. The Hall–Kier alpha value is -3.15. The predicted molar refractivity (Wildman–Crippen MR) is 104 cm³/mol. The SMILES string of the molecule is CCOc1cc(C(=O)/C(=C/c2cc3c(cc2OC)OCO3)CC)ccc1N. The third-order valence-corrected chi connectivity index (χ3v) is 4.30. The van der Waals surface area contributed by atoms with Crippen LogP contribution in [0.4, 0.5) is 5.69 Å². The van der Waals surface area contributed by atoms with Gasteiger partial charge in [-0.2, -0.15) is 0 Å². The van der Waals surface area contributed by atoms with Crippen LogP contribution in [0.5, 0.6) is 23.0 Å². The maximum atomic E-state index is 13.0. The maximum Gasteiger partial charge on any atom is 0.231 e. The monoisotopic (exact) mass is 369 g/mol. The van der Waals surface area contributed by atoms with Crippen LogP contribution in [0.15, 0.2) is 35.9 Å². The van der Waals surface area contributed by atoms with E-state index in [0.717, 1.165) is 5.56 Å². The van der Waals surface area contributed by atoms with Crippen LogP contribution in [-0.2, 0) is 0 Å². The van der Waals surface area contributed by atoms with Crippen molar-refractivity contribution in [3.8, 4) is 23.0 Å². The average Bonchev–Trinajstić information content (AvgIpc) is 3.14. The van der Waals surface area contributed by atoms with Crippen molar-refractivity contribution < 1.29 is 23.7 Å². The summed E-state index contributed by atoms with van der Waals surface area (Å²) in [6.07, 6.45) is 2.38. The number of ether oxygens (including phenoxy) is 4. The molecule has 142 valence electrons. The van der Waals surface area contributed by atoms with Crippen molar-refractivity contribution in [2.75, 3.05) is 26.2 Å². The lowest BCUT2D eigenvalue weighted by Gasteiger charge is -2.11. The fourth-order valence-electron chi connectivity index (χ4n) is 2.89. The van der Waals surface area contributed by atoms with Gasteiger partial charge in [0.15, 0.2) is 17.3 Å². The summed E-state index contributed by atoms with van der Waals surface area (Å²) in [5, 5.41) is 0. The van der Waals surface area contributed by atoms with Crippen LogP contribution in [0, 0.1) is 0 Å². The Morgan fingerprint density at radius 3 is 2.56 bits per heavy atom. The van der Waals surface area contributed by atoms with E-state index in [2.05, 4.69) is 0 Å². The van der Waals surface area contributed by atoms with Gasteiger partial charge in [-0.05, 0) is 43.7 Å². The lowest BCUT2D eigenvalue weighted by atomic mass is 9.98. The number of carbonyl (C=O) groups is 1. The zero-order valence-corrected chi connectivity index (χ0v) is 15.7. The van der Waals surface area contributed by atoms with Crippen molar-refractivity contribution >= 4 is 17.5 Å².